The van der Waals surface area contributed by atoms with Crippen LogP contribution in [0.15, 0.2) is 42.0 Å². The van der Waals surface area contributed by atoms with Crippen LogP contribution in [-0.4, -0.2) is 34.7 Å². The van der Waals surface area contributed by atoms with Gasteiger partial charge >= 0.3 is 12.1 Å². The maximum absolute atomic E-state index is 12.0. The molecule has 5 nitrogen and oxygen atoms in total. The molecule has 2 rings (SSSR count). The predicted molar refractivity (Wildman–Crippen MR) is 73.1 cm³/mol. The third-order valence-corrected chi connectivity index (χ3v) is 3.34. The topological polar surface area (TPSA) is 66.8 Å². The number of hydrogen-bond acceptors (Lipinski definition) is 3. The third kappa shape index (κ3) is 3.17. The molecule has 0 unspecified atom stereocenters. The molecular formula is C15H17NO4. The summed E-state index contributed by atoms with van der Waals surface area (Å²) in [5.74, 6) is -1.00. The Labute approximate surface area is 117 Å². The van der Waals surface area contributed by atoms with Gasteiger partial charge in [-0.2, -0.15) is 0 Å². The van der Waals surface area contributed by atoms with Crippen molar-refractivity contribution in [2.75, 3.05) is 6.54 Å². The van der Waals surface area contributed by atoms with Crippen LogP contribution in [0.2, 0.25) is 0 Å². The monoisotopic (exact) mass is 275 g/mol. The van der Waals surface area contributed by atoms with E-state index in [2.05, 4.69) is 0 Å². The molecule has 0 aromatic heterocycles. The molecule has 0 aliphatic carbocycles. The first kappa shape index (κ1) is 14.1. The number of ether oxygens (including phenoxy) is 1. The molecule has 106 valence electrons. The van der Waals surface area contributed by atoms with Gasteiger partial charge in [-0.25, -0.2) is 9.59 Å². The molecule has 1 fully saturated rings. The van der Waals surface area contributed by atoms with E-state index >= 15 is 0 Å². The highest BCUT2D eigenvalue weighted by molar-refractivity contribution is 5.81. The predicted octanol–water partition coefficient (Wildman–Crippen LogP) is 2.43. The zero-order valence-electron chi connectivity index (χ0n) is 11.3. The van der Waals surface area contributed by atoms with Crippen LogP contribution in [0.1, 0.15) is 18.9 Å². The summed E-state index contributed by atoms with van der Waals surface area (Å²) in [7, 11) is 0. The maximum Gasteiger partial charge on any atom is 0.411 e. The normalized spacial score (nSPS) is 20.1. The molecule has 0 radical (unpaired) electrons. The van der Waals surface area contributed by atoms with Crippen LogP contribution in [-0.2, 0) is 16.1 Å². The van der Waals surface area contributed by atoms with Crippen molar-refractivity contribution in [1.29, 1.82) is 0 Å². The van der Waals surface area contributed by atoms with Gasteiger partial charge in [0, 0.05) is 13.0 Å². The lowest BCUT2D eigenvalue weighted by Crippen LogP contribution is -2.40. The maximum atomic E-state index is 12.0. The first-order valence-corrected chi connectivity index (χ1v) is 6.46. The van der Waals surface area contributed by atoms with Gasteiger partial charge in [0.25, 0.3) is 0 Å². The zero-order valence-corrected chi connectivity index (χ0v) is 11.3. The van der Waals surface area contributed by atoms with Gasteiger partial charge in [-0.15, -0.1) is 0 Å². The van der Waals surface area contributed by atoms with E-state index in [1.54, 1.807) is 0 Å². The van der Waals surface area contributed by atoms with E-state index < -0.39 is 18.1 Å². The van der Waals surface area contributed by atoms with E-state index in [0.29, 0.717) is 13.0 Å². The number of aliphatic carboxylic acids is 1. The number of hydrogen-bond donors (Lipinski definition) is 1. The minimum Gasteiger partial charge on any atom is -0.480 e. The molecule has 1 heterocycles. The first-order valence-electron chi connectivity index (χ1n) is 6.46. The van der Waals surface area contributed by atoms with E-state index in [1.165, 1.54) is 4.90 Å². The van der Waals surface area contributed by atoms with Gasteiger partial charge in [-0.3, -0.25) is 4.90 Å². The van der Waals surface area contributed by atoms with Crippen molar-refractivity contribution in [2.24, 2.45) is 0 Å². The SMILES string of the molecule is CC=C1C[C@@H](C(=O)O)N(C(=O)OCc2ccccc2)C1. The fraction of sp³-hybridized carbons (Fsp3) is 0.333. The zero-order chi connectivity index (χ0) is 14.5. The Morgan fingerprint density at radius 3 is 2.70 bits per heavy atom. The highest BCUT2D eigenvalue weighted by Gasteiger charge is 2.37. The van der Waals surface area contributed by atoms with Crippen LogP contribution < -0.4 is 0 Å². The molecule has 1 amide bonds. The Balaban J connectivity index is 1.99. The lowest BCUT2D eigenvalue weighted by Gasteiger charge is -2.20. The van der Waals surface area contributed by atoms with Crippen LogP contribution in [0.3, 0.4) is 0 Å². The Bertz CT molecular complexity index is 524. The van der Waals surface area contributed by atoms with Crippen molar-refractivity contribution in [3.8, 4) is 0 Å². The number of allylic oxidation sites excluding steroid dienone is 1. The third-order valence-electron chi connectivity index (χ3n) is 3.34. The number of carbonyl (C=O) groups is 2. The molecule has 5 heteroatoms. The van der Waals surface area contributed by atoms with Crippen LogP contribution >= 0.6 is 0 Å². The van der Waals surface area contributed by atoms with Crippen molar-refractivity contribution in [3.05, 3.63) is 47.5 Å². The average molecular weight is 275 g/mol. The highest BCUT2D eigenvalue weighted by atomic mass is 16.6. The summed E-state index contributed by atoms with van der Waals surface area (Å²) in [5, 5.41) is 9.15. The van der Waals surface area contributed by atoms with E-state index in [1.807, 2.05) is 43.3 Å². The van der Waals surface area contributed by atoms with Crippen LogP contribution in [0.5, 0.6) is 0 Å². The number of rotatable bonds is 3. The fourth-order valence-electron chi connectivity index (χ4n) is 2.18. The van der Waals surface area contributed by atoms with Crippen LogP contribution in [0.4, 0.5) is 4.79 Å². The largest absolute Gasteiger partial charge is 0.480 e. The number of carboxylic acid groups (broad SMARTS) is 1. The number of amides is 1. The summed E-state index contributed by atoms with van der Waals surface area (Å²) in [6.07, 6.45) is 1.63. The molecule has 1 aliphatic rings. The minimum absolute atomic E-state index is 0.147. The number of likely N-dealkylation sites (tertiary alicyclic amines) is 1. The number of benzene rings is 1. The molecule has 1 N–H and O–H groups in total. The quantitative estimate of drug-likeness (QED) is 0.860. The molecule has 0 bridgehead atoms. The van der Waals surface area contributed by atoms with Gasteiger partial charge in [0.05, 0.1) is 0 Å². The van der Waals surface area contributed by atoms with Crippen molar-refractivity contribution in [1.82, 2.24) is 4.90 Å². The molecule has 1 aliphatic heterocycles. The summed E-state index contributed by atoms with van der Waals surface area (Å²) in [6, 6.07) is 8.47. The van der Waals surface area contributed by atoms with Gasteiger partial charge in [0.15, 0.2) is 0 Å². The summed E-state index contributed by atoms with van der Waals surface area (Å²) in [4.78, 5) is 24.4. The summed E-state index contributed by atoms with van der Waals surface area (Å²) >= 11 is 0. The van der Waals surface area contributed by atoms with Crippen LogP contribution in [0.25, 0.3) is 0 Å². The second-order valence-corrected chi connectivity index (χ2v) is 4.67. The summed E-state index contributed by atoms with van der Waals surface area (Å²) in [5.41, 5.74) is 1.81. The van der Waals surface area contributed by atoms with Gasteiger partial charge < -0.3 is 9.84 Å². The van der Waals surface area contributed by atoms with Gasteiger partial charge in [-0.1, -0.05) is 42.0 Å². The smallest absolute Gasteiger partial charge is 0.411 e. The molecule has 1 saturated heterocycles. The molecular weight excluding hydrogens is 258 g/mol. The molecule has 0 saturated carbocycles. The first-order chi connectivity index (χ1) is 9.61. The van der Waals surface area contributed by atoms with Gasteiger partial charge in [-0.05, 0) is 12.5 Å². The molecule has 1 aromatic rings. The van der Waals surface area contributed by atoms with Crippen LogP contribution in [0, 0.1) is 0 Å². The van der Waals surface area contributed by atoms with Crippen molar-refractivity contribution >= 4 is 12.1 Å². The lowest BCUT2D eigenvalue weighted by atomic mass is 10.1. The molecule has 1 aromatic carbocycles. The number of carboxylic acids is 1. The second kappa shape index (κ2) is 6.23. The van der Waals surface area contributed by atoms with E-state index in [9.17, 15) is 9.59 Å². The summed E-state index contributed by atoms with van der Waals surface area (Å²) < 4.78 is 5.18. The van der Waals surface area contributed by atoms with Gasteiger partial charge in [0.2, 0.25) is 0 Å². The molecule has 20 heavy (non-hydrogen) atoms. The van der Waals surface area contributed by atoms with E-state index in [-0.39, 0.29) is 6.61 Å². The number of carbonyl (C=O) groups excluding carboxylic acids is 1. The second-order valence-electron chi connectivity index (χ2n) is 4.67. The van der Waals surface area contributed by atoms with E-state index in [4.69, 9.17) is 9.84 Å². The Morgan fingerprint density at radius 1 is 1.40 bits per heavy atom. The number of nitrogens with zero attached hydrogens (tertiary/aromatic N) is 1. The average Bonchev–Trinajstić information content (AvgIpc) is 2.90. The lowest BCUT2D eigenvalue weighted by molar-refractivity contribution is -0.141. The minimum atomic E-state index is -1.00. The van der Waals surface area contributed by atoms with Crippen molar-refractivity contribution in [2.45, 2.75) is 26.0 Å². The van der Waals surface area contributed by atoms with Crippen molar-refractivity contribution < 1.29 is 19.4 Å². The molecule has 0 spiro atoms. The Hall–Kier alpha value is -2.30. The standard InChI is InChI=1S/C15H17NO4/c1-2-11-8-13(14(17)18)16(9-11)15(19)20-10-12-6-4-3-5-7-12/h2-7,13H,8-10H2,1H3,(H,17,18)/t13-/m0/s1. The Kier molecular flexibility index (Phi) is 4.40. The summed E-state index contributed by atoms with van der Waals surface area (Å²) in [6.45, 7) is 2.31. The fourth-order valence-corrected chi connectivity index (χ4v) is 2.18. The van der Waals surface area contributed by atoms with E-state index in [0.717, 1.165) is 11.1 Å². The Morgan fingerprint density at radius 2 is 2.10 bits per heavy atom. The highest BCUT2D eigenvalue weighted by Crippen LogP contribution is 2.23. The molecule has 1 atom stereocenters. The van der Waals surface area contributed by atoms with Gasteiger partial charge in [0.1, 0.15) is 12.6 Å². The van der Waals surface area contributed by atoms with Crippen molar-refractivity contribution in [3.63, 3.8) is 0 Å².